The van der Waals surface area contributed by atoms with Crippen LogP contribution in [0.25, 0.3) is 0 Å². The van der Waals surface area contributed by atoms with Crippen LogP contribution in [0.2, 0.25) is 5.02 Å². The van der Waals surface area contributed by atoms with Crippen LogP contribution >= 0.6 is 11.6 Å². The number of hydrogen-bond donors (Lipinski definition) is 0. The van der Waals surface area contributed by atoms with Crippen molar-refractivity contribution in [2.24, 2.45) is 0 Å². The molecular weight excluding hydrogens is 426 g/mol. The van der Waals surface area contributed by atoms with Gasteiger partial charge in [-0.05, 0) is 54.7 Å². The van der Waals surface area contributed by atoms with Crippen LogP contribution in [0.15, 0.2) is 66.7 Å². The molecule has 0 bridgehead atoms. The summed E-state index contributed by atoms with van der Waals surface area (Å²) in [5.74, 6) is -1.14. The van der Waals surface area contributed by atoms with Crippen molar-refractivity contribution >= 4 is 35.1 Å². The summed E-state index contributed by atoms with van der Waals surface area (Å²) in [4.78, 5) is 39.3. The Bertz CT molecular complexity index is 1170. The highest BCUT2D eigenvalue weighted by Crippen LogP contribution is 2.35. The lowest BCUT2D eigenvalue weighted by Gasteiger charge is -2.14. The molecule has 4 rings (SSSR count). The van der Waals surface area contributed by atoms with Crippen LogP contribution in [0.3, 0.4) is 0 Å². The lowest BCUT2D eigenvalue weighted by molar-refractivity contribution is -0.142. The van der Waals surface area contributed by atoms with E-state index in [9.17, 15) is 14.4 Å². The van der Waals surface area contributed by atoms with E-state index >= 15 is 0 Å². The van der Waals surface area contributed by atoms with E-state index in [0.717, 1.165) is 28.0 Å². The highest BCUT2D eigenvalue weighted by molar-refractivity contribution is 6.42. The van der Waals surface area contributed by atoms with E-state index in [1.54, 1.807) is 37.3 Å². The summed E-state index contributed by atoms with van der Waals surface area (Å²) in [6.07, 6.45) is 1.50. The van der Waals surface area contributed by atoms with E-state index in [2.05, 4.69) is 0 Å². The van der Waals surface area contributed by atoms with Crippen molar-refractivity contribution < 1.29 is 19.1 Å². The summed E-state index contributed by atoms with van der Waals surface area (Å²) in [6, 6.07) is 20.2. The summed E-state index contributed by atoms with van der Waals surface area (Å²) in [5, 5.41) is 0.267. The Morgan fingerprint density at radius 3 is 2.22 bits per heavy atom. The summed E-state index contributed by atoms with van der Waals surface area (Å²) in [5.41, 5.74) is 3.75. The zero-order chi connectivity index (χ0) is 22.7. The number of aryl methyl sites for hydroxylation is 2. The van der Waals surface area contributed by atoms with Gasteiger partial charge in [-0.15, -0.1) is 0 Å². The number of amides is 2. The normalized spacial score (nSPS) is 12.8. The fraction of sp³-hybridized carbons (Fsp3) is 0.192. The molecule has 3 aromatic carbocycles. The second-order valence-corrected chi connectivity index (χ2v) is 7.94. The molecule has 5 nitrogen and oxygen atoms in total. The third kappa shape index (κ3) is 4.30. The first-order valence-corrected chi connectivity index (χ1v) is 10.9. The number of halogens is 1. The van der Waals surface area contributed by atoms with E-state index in [4.69, 9.17) is 16.3 Å². The molecule has 0 saturated heterocycles. The van der Waals surface area contributed by atoms with E-state index in [-0.39, 0.29) is 28.9 Å². The van der Waals surface area contributed by atoms with Crippen LogP contribution in [0.4, 0.5) is 5.69 Å². The zero-order valence-electron chi connectivity index (χ0n) is 17.6. The quantitative estimate of drug-likeness (QED) is 0.376. The molecule has 0 unspecified atom stereocenters. The minimum absolute atomic E-state index is 0.131. The van der Waals surface area contributed by atoms with Crippen LogP contribution in [0, 0.1) is 0 Å². The fourth-order valence-electron chi connectivity index (χ4n) is 3.90. The van der Waals surface area contributed by atoms with Gasteiger partial charge in [0.05, 0.1) is 34.9 Å². The van der Waals surface area contributed by atoms with Gasteiger partial charge < -0.3 is 4.74 Å². The molecular formula is C26H22ClNO4. The Balaban J connectivity index is 1.59. The Morgan fingerprint density at radius 2 is 1.53 bits per heavy atom. The van der Waals surface area contributed by atoms with E-state index in [0.29, 0.717) is 24.3 Å². The van der Waals surface area contributed by atoms with Crippen LogP contribution in [-0.2, 0) is 28.8 Å². The lowest BCUT2D eigenvalue weighted by Crippen LogP contribution is -2.29. The second-order valence-electron chi connectivity index (χ2n) is 7.54. The van der Waals surface area contributed by atoms with Gasteiger partial charge in [-0.25, -0.2) is 4.90 Å². The molecule has 162 valence electrons. The van der Waals surface area contributed by atoms with Gasteiger partial charge in [-0.2, -0.15) is 0 Å². The first kappa shape index (κ1) is 21.8. The van der Waals surface area contributed by atoms with Crippen molar-refractivity contribution in [3.63, 3.8) is 0 Å². The van der Waals surface area contributed by atoms with Gasteiger partial charge in [0, 0.05) is 0 Å². The molecule has 1 aliphatic rings. The molecule has 6 heteroatoms. The van der Waals surface area contributed by atoms with Crippen molar-refractivity contribution in [3.8, 4) is 0 Å². The van der Waals surface area contributed by atoms with E-state index in [1.165, 1.54) is 0 Å². The number of carbonyl (C=O) groups excluding carboxylic acids is 3. The average molecular weight is 448 g/mol. The summed E-state index contributed by atoms with van der Waals surface area (Å²) in [7, 11) is 0. The predicted molar refractivity (Wildman–Crippen MR) is 123 cm³/mol. The number of esters is 1. The van der Waals surface area contributed by atoms with Gasteiger partial charge in [0.15, 0.2) is 0 Å². The molecule has 0 radical (unpaired) electrons. The van der Waals surface area contributed by atoms with E-state index in [1.807, 2.05) is 36.4 Å². The van der Waals surface area contributed by atoms with Crippen molar-refractivity contribution in [1.29, 1.82) is 0 Å². The maximum absolute atomic E-state index is 13.3. The third-order valence-corrected chi connectivity index (χ3v) is 5.76. The SMILES string of the molecule is CCOC(=O)Cc1ccc(N2C(=O)c3c(Cl)ccc(CCc4ccccc4)c3C2=O)cc1. The van der Waals surface area contributed by atoms with Crippen LogP contribution in [0.5, 0.6) is 0 Å². The first-order valence-electron chi connectivity index (χ1n) is 10.5. The monoisotopic (exact) mass is 447 g/mol. The number of hydrogen-bond acceptors (Lipinski definition) is 4. The van der Waals surface area contributed by atoms with Gasteiger partial charge >= 0.3 is 5.97 Å². The lowest BCUT2D eigenvalue weighted by atomic mass is 9.97. The second kappa shape index (κ2) is 9.37. The molecule has 3 aromatic rings. The number of carbonyl (C=O) groups is 3. The van der Waals surface area contributed by atoms with Gasteiger partial charge in [-0.3, -0.25) is 14.4 Å². The van der Waals surface area contributed by atoms with E-state index < -0.39 is 5.91 Å². The molecule has 1 aliphatic heterocycles. The molecule has 2 amide bonds. The van der Waals surface area contributed by atoms with Gasteiger partial charge in [0.2, 0.25) is 0 Å². The number of anilines is 1. The number of fused-ring (bicyclic) bond motifs is 1. The standard InChI is InChI=1S/C26H22ClNO4/c1-2-32-22(29)16-18-9-13-20(14-10-18)28-25(30)23-19(11-8-17-6-4-3-5-7-17)12-15-21(27)24(23)26(28)31/h3-7,9-10,12-15H,2,8,11,16H2,1H3. The number of imide groups is 1. The van der Waals surface area contributed by atoms with Crippen molar-refractivity contribution in [1.82, 2.24) is 0 Å². The highest BCUT2D eigenvalue weighted by atomic mass is 35.5. The molecule has 0 atom stereocenters. The zero-order valence-corrected chi connectivity index (χ0v) is 18.4. The fourth-order valence-corrected chi connectivity index (χ4v) is 4.14. The third-order valence-electron chi connectivity index (χ3n) is 5.45. The molecule has 32 heavy (non-hydrogen) atoms. The van der Waals surface area contributed by atoms with Gasteiger partial charge in [-0.1, -0.05) is 60.1 Å². The van der Waals surface area contributed by atoms with Gasteiger partial charge in [0.25, 0.3) is 11.8 Å². The largest absolute Gasteiger partial charge is 0.466 e. The maximum Gasteiger partial charge on any atom is 0.310 e. The van der Waals surface area contributed by atoms with Crippen LogP contribution in [-0.4, -0.2) is 24.4 Å². The Kier molecular flexibility index (Phi) is 6.37. The molecule has 0 fully saturated rings. The Hall–Kier alpha value is -3.44. The van der Waals surface area contributed by atoms with Crippen molar-refractivity contribution in [2.75, 3.05) is 11.5 Å². The van der Waals surface area contributed by atoms with Crippen LogP contribution < -0.4 is 4.90 Å². The molecule has 1 heterocycles. The summed E-state index contributed by atoms with van der Waals surface area (Å²) < 4.78 is 4.96. The minimum Gasteiger partial charge on any atom is -0.466 e. The topological polar surface area (TPSA) is 63.7 Å². The number of nitrogens with zero attached hydrogens (tertiary/aromatic N) is 1. The first-order chi connectivity index (χ1) is 15.5. The van der Waals surface area contributed by atoms with Crippen LogP contribution in [0.1, 0.15) is 44.3 Å². The molecule has 0 aliphatic carbocycles. The maximum atomic E-state index is 13.3. The number of rotatable bonds is 7. The predicted octanol–water partition coefficient (Wildman–Crippen LogP) is 5.03. The Labute approximate surface area is 191 Å². The van der Waals surface area contributed by atoms with Gasteiger partial charge in [0.1, 0.15) is 0 Å². The highest BCUT2D eigenvalue weighted by Gasteiger charge is 2.40. The smallest absolute Gasteiger partial charge is 0.310 e. The molecule has 0 aromatic heterocycles. The Morgan fingerprint density at radius 1 is 0.844 bits per heavy atom. The molecule has 0 spiro atoms. The summed E-state index contributed by atoms with van der Waals surface area (Å²) >= 11 is 6.33. The van der Waals surface area contributed by atoms with Crippen molar-refractivity contribution in [2.45, 2.75) is 26.2 Å². The molecule has 0 saturated carbocycles. The number of benzene rings is 3. The van der Waals surface area contributed by atoms with Crippen molar-refractivity contribution in [3.05, 3.63) is 99.6 Å². The number of ether oxygens (including phenoxy) is 1. The summed E-state index contributed by atoms with van der Waals surface area (Å²) in [6.45, 7) is 2.07. The minimum atomic E-state index is -0.435. The average Bonchev–Trinajstić information content (AvgIpc) is 3.06. The molecule has 0 N–H and O–H groups in total.